The average Bonchev–Trinajstić information content (AvgIpc) is 3.20. The molecule has 27 heavy (non-hydrogen) atoms. The van der Waals surface area contributed by atoms with Gasteiger partial charge in [-0.1, -0.05) is 13.0 Å². The molecule has 3 aromatic rings. The zero-order valence-corrected chi connectivity index (χ0v) is 14.5. The van der Waals surface area contributed by atoms with Crippen molar-refractivity contribution in [3.8, 4) is 5.69 Å². The van der Waals surface area contributed by atoms with Gasteiger partial charge in [0, 0.05) is 6.92 Å². The molecule has 1 N–H and O–H groups in total. The van der Waals surface area contributed by atoms with Crippen molar-refractivity contribution in [2.24, 2.45) is 0 Å². The molecule has 0 aliphatic heterocycles. The van der Waals surface area contributed by atoms with Gasteiger partial charge in [-0.15, -0.1) is 10.2 Å². The highest BCUT2D eigenvalue weighted by Crippen LogP contribution is 2.31. The summed E-state index contributed by atoms with van der Waals surface area (Å²) < 4.78 is 45.4. The number of alkyl halides is 3. The molecular weight excluding hydrogens is 363 g/mol. The zero-order chi connectivity index (χ0) is 19.6. The fourth-order valence-corrected chi connectivity index (χ4v) is 2.60. The summed E-state index contributed by atoms with van der Waals surface area (Å²) in [5.41, 5.74) is 0.477. The molecule has 142 valence electrons. The molecule has 0 saturated carbocycles. The third-order valence-corrected chi connectivity index (χ3v) is 3.78. The minimum Gasteiger partial charge on any atom is -0.425 e. The quantitative estimate of drug-likeness (QED) is 0.735. The molecule has 0 radical (unpaired) electrons. The van der Waals surface area contributed by atoms with E-state index in [0.717, 1.165) is 12.1 Å². The van der Waals surface area contributed by atoms with Crippen LogP contribution in [-0.4, -0.2) is 25.9 Å². The van der Waals surface area contributed by atoms with Gasteiger partial charge in [0.2, 0.25) is 17.7 Å². The topological polar surface area (TPSA) is 85.8 Å². The van der Waals surface area contributed by atoms with E-state index in [4.69, 9.17) is 4.42 Å². The molecule has 3 rings (SSSR count). The first-order valence-electron chi connectivity index (χ1n) is 8.11. The Bertz CT molecular complexity index is 962. The van der Waals surface area contributed by atoms with Gasteiger partial charge in [0.05, 0.1) is 28.8 Å². The van der Waals surface area contributed by atoms with Gasteiger partial charge < -0.3 is 9.73 Å². The Labute approximate surface area is 152 Å². The van der Waals surface area contributed by atoms with E-state index in [-0.39, 0.29) is 18.0 Å². The zero-order valence-electron chi connectivity index (χ0n) is 14.5. The number of halogens is 3. The Kier molecular flexibility index (Phi) is 4.98. The number of anilines is 1. The summed E-state index contributed by atoms with van der Waals surface area (Å²) in [4.78, 5) is 12.2. The second-order valence-corrected chi connectivity index (χ2v) is 5.76. The molecule has 0 atom stereocenters. The number of carbonyl (C=O) groups excluding carboxylic acids is 1. The summed E-state index contributed by atoms with van der Waals surface area (Å²) in [5.74, 6) is 0.134. The van der Waals surface area contributed by atoms with E-state index in [2.05, 4.69) is 20.6 Å². The van der Waals surface area contributed by atoms with Crippen molar-refractivity contribution in [3.63, 3.8) is 0 Å². The molecule has 0 spiro atoms. The molecule has 1 amide bonds. The molecule has 1 aromatic carbocycles. The van der Waals surface area contributed by atoms with Crippen LogP contribution in [0.3, 0.4) is 0 Å². The van der Waals surface area contributed by atoms with Crippen molar-refractivity contribution in [2.45, 2.75) is 32.9 Å². The third kappa shape index (κ3) is 4.15. The van der Waals surface area contributed by atoms with Gasteiger partial charge in [0.1, 0.15) is 6.42 Å². The highest BCUT2D eigenvalue weighted by atomic mass is 19.4. The summed E-state index contributed by atoms with van der Waals surface area (Å²) >= 11 is 0. The van der Waals surface area contributed by atoms with Crippen molar-refractivity contribution >= 4 is 11.6 Å². The Hall–Kier alpha value is -3.17. The van der Waals surface area contributed by atoms with Crippen molar-refractivity contribution in [1.29, 1.82) is 0 Å². The Morgan fingerprint density at radius 3 is 2.70 bits per heavy atom. The number of carbonyl (C=O) groups is 1. The number of rotatable bonds is 5. The van der Waals surface area contributed by atoms with Crippen LogP contribution in [0.2, 0.25) is 0 Å². The summed E-state index contributed by atoms with van der Waals surface area (Å²) in [5, 5.41) is 14.2. The van der Waals surface area contributed by atoms with Gasteiger partial charge >= 0.3 is 6.18 Å². The van der Waals surface area contributed by atoms with Crippen molar-refractivity contribution in [1.82, 2.24) is 20.0 Å². The fraction of sp³-hybridized carbons (Fsp3) is 0.294. The van der Waals surface area contributed by atoms with Crippen LogP contribution >= 0.6 is 0 Å². The minimum atomic E-state index is -4.45. The number of benzene rings is 1. The van der Waals surface area contributed by atoms with Crippen LogP contribution in [0.1, 0.15) is 30.0 Å². The van der Waals surface area contributed by atoms with Crippen molar-refractivity contribution in [3.05, 3.63) is 53.5 Å². The van der Waals surface area contributed by atoms with E-state index in [1.165, 1.54) is 23.0 Å². The normalized spacial score (nSPS) is 11.6. The molecule has 0 bridgehead atoms. The van der Waals surface area contributed by atoms with Gasteiger partial charge in [-0.05, 0) is 24.6 Å². The van der Waals surface area contributed by atoms with E-state index < -0.39 is 17.6 Å². The first-order chi connectivity index (χ1) is 12.8. The van der Waals surface area contributed by atoms with Crippen LogP contribution in [0.25, 0.3) is 5.69 Å². The Morgan fingerprint density at radius 1 is 1.30 bits per heavy atom. The molecule has 0 unspecified atom stereocenters. The van der Waals surface area contributed by atoms with E-state index in [1.54, 1.807) is 6.92 Å². The second-order valence-electron chi connectivity index (χ2n) is 5.76. The standard InChI is InChI=1S/C17H16F3N5O2/c1-3-14-13(22-15(26)8-16-24-23-10(2)27-16)9-21-25(14)12-6-4-5-11(7-12)17(18,19)20/h4-7,9H,3,8H2,1-2H3,(H,22,26). The highest BCUT2D eigenvalue weighted by molar-refractivity contribution is 5.92. The average molecular weight is 379 g/mol. The fourth-order valence-electron chi connectivity index (χ4n) is 2.60. The maximum atomic E-state index is 12.9. The van der Waals surface area contributed by atoms with Crippen LogP contribution < -0.4 is 5.32 Å². The molecule has 2 heterocycles. The number of nitrogens with one attached hydrogen (secondary N) is 1. The number of amides is 1. The van der Waals surface area contributed by atoms with E-state index >= 15 is 0 Å². The number of aryl methyl sites for hydroxylation is 1. The second kappa shape index (κ2) is 7.22. The molecule has 0 aliphatic rings. The lowest BCUT2D eigenvalue weighted by atomic mass is 10.2. The first kappa shape index (κ1) is 18.6. The molecule has 10 heteroatoms. The van der Waals surface area contributed by atoms with Gasteiger partial charge in [-0.2, -0.15) is 18.3 Å². The van der Waals surface area contributed by atoms with Crippen LogP contribution in [-0.2, 0) is 23.8 Å². The third-order valence-electron chi connectivity index (χ3n) is 3.78. The maximum Gasteiger partial charge on any atom is 0.416 e. The molecule has 0 aliphatic carbocycles. The minimum absolute atomic E-state index is 0.112. The van der Waals surface area contributed by atoms with Crippen LogP contribution in [0, 0.1) is 6.92 Å². The number of nitrogens with zero attached hydrogens (tertiary/aromatic N) is 4. The largest absolute Gasteiger partial charge is 0.425 e. The molecule has 2 aromatic heterocycles. The Morgan fingerprint density at radius 2 is 2.07 bits per heavy atom. The predicted molar refractivity (Wildman–Crippen MR) is 89.3 cm³/mol. The summed E-state index contributed by atoms with van der Waals surface area (Å²) in [6, 6.07) is 4.84. The van der Waals surface area contributed by atoms with E-state index in [9.17, 15) is 18.0 Å². The van der Waals surface area contributed by atoms with Gasteiger partial charge in [-0.3, -0.25) is 4.79 Å². The van der Waals surface area contributed by atoms with Crippen LogP contribution in [0.4, 0.5) is 18.9 Å². The van der Waals surface area contributed by atoms with E-state index in [0.29, 0.717) is 23.7 Å². The highest BCUT2D eigenvalue weighted by Gasteiger charge is 2.30. The molecule has 0 fully saturated rings. The van der Waals surface area contributed by atoms with E-state index in [1.807, 2.05) is 6.92 Å². The van der Waals surface area contributed by atoms with Gasteiger partial charge in [-0.25, -0.2) is 4.68 Å². The van der Waals surface area contributed by atoms with Crippen molar-refractivity contribution in [2.75, 3.05) is 5.32 Å². The molecule has 7 nitrogen and oxygen atoms in total. The van der Waals surface area contributed by atoms with Crippen LogP contribution in [0.5, 0.6) is 0 Å². The van der Waals surface area contributed by atoms with Gasteiger partial charge in [0.15, 0.2) is 0 Å². The van der Waals surface area contributed by atoms with Crippen LogP contribution in [0.15, 0.2) is 34.9 Å². The summed E-state index contributed by atoms with van der Waals surface area (Å²) in [6.07, 6.45) is -2.71. The summed E-state index contributed by atoms with van der Waals surface area (Å²) in [6.45, 7) is 3.43. The van der Waals surface area contributed by atoms with Crippen molar-refractivity contribution < 1.29 is 22.4 Å². The lowest BCUT2D eigenvalue weighted by Gasteiger charge is -2.11. The number of hydrogen-bond donors (Lipinski definition) is 1. The maximum absolute atomic E-state index is 12.9. The molecular formula is C17H16F3N5O2. The SMILES string of the molecule is CCc1c(NC(=O)Cc2nnc(C)o2)cnn1-c1cccc(C(F)(F)F)c1. The first-order valence-corrected chi connectivity index (χ1v) is 8.11. The smallest absolute Gasteiger partial charge is 0.416 e. The molecule has 0 saturated heterocycles. The number of hydrogen-bond acceptors (Lipinski definition) is 5. The Balaban J connectivity index is 1.84. The lowest BCUT2D eigenvalue weighted by Crippen LogP contribution is -2.16. The number of aromatic nitrogens is 4. The monoisotopic (exact) mass is 379 g/mol. The lowest BCUT2D eigenvalue weighted by molar-refractivity contribution is -0.137. The predicted octanol–water partition coefficient (Wildman–Crippen LogP) is 3.33. The van der Waals surface area contributed by atoms with Gasteiger partial charge in [0.25, 0.3) is 0 Å². The summed E-state index contributed by atoms with van der Waals surface area (Å²) in [7, 11) is 0.